The Bertz CT molecular complexity index is 964. The summed E-state index contributed by atoms with van der Waals surface area (Å²) in [6, 6.07) is 8.43. The molecule has 2 rings (SSSR count). The predicted octanol–water partition coefficient (Wildman–Crippen LogP) is -1.30. The van der Waals surface area contributed by atoms with E-state index in [1.807, 2.05) is 0 Å². The summed E-state index contributed by atoms with van der Waals surface area (Å²) < 4.78 is 47.6. The van der Waals surface area contributed by atoms with Crippen molar-refractivity contribution >= 4 is 27.5 Å². The summed E-state index contributed by atoms with van der Waals surface area (Å²) in [6.45, 7) is 0. The van der Waals surface area contributed by atoms with Crippen LogP contribution in [0.1, 0.15) is 20.7 Å². The molecule has 0 saturated carbocycles. The molecular weight excluding hydrogens is 413 g/mol. The average molecular weight is 431 g/mol. The molecule has 0 radical (unpaired) electrons. The van der Waals surface area contributed by atoms with E-state index < -0.39 is 27.6 Å². The van der Waals surface area contributed by atoms with Crippen LogP contribution < -0.4 is 49.1 Å². The molecule has 0 aliphatic heterocycles. The van der Waals surface area contributed by atoms with Gasteiger partial charge in [-0.15, -0.1) is 0 Å². The molecule has 0 aromatic heterocycles. The molecular formula is C18H18NNaO8S. The molecule has 0 aliphatic carbocycles. The first kappa shape index (κ1) is 24.9. The summed E-state index contributed by atoms with van der Waals surface area (Å²) in [4.78, 5) is 24.2. The van der Waals surface area contributed by atoms with Gasteiger partial charge >= 0.3 is 29.6 Å². The molecule has 9 nitrogen and oxygen atoms in total. The first-order valence-corrected chi connectivity index (χ1v) is 9.44. The summed E-state index contributed by atoms with van der Waals surface area (Å²) in [5.41, 5.74) is 0.651. The molecule has 0 saturated heterocycles. The fourth-order valence-corrected chi connectivity index (χ4v) is 2.89. The zero-order valence-electron chi connectivity index (χ0n) is 16.3. The van der Waals surface area contributed by atoms with Gasteiger partial charge in [-0.1, -0.05) is 0 Å². The average Bonchev–Trinajstić information content (AvgIpc) is 2.65. The number of methoxy groups -OCH3 is 3. The number of amides is 1. The van der Waals surface area contributed by atoms with E-state index in [9.17, 15) is 22.6 Å². The number of Topliss-reactive ketones (excluding diaryl/α,β-unsaturated/α-hetero) is 1. The van der Waals surface area contributed by atoms with E-state index in [0.29, 0.717) is 22.9 Å². The maximum absolute atomic E-state index is 12.5. The minimum atomic E-state index is -4.66. The number of hydrogen-bond acceptors (Lipinski definition) is 8. The van der Waals surface area contributed by atoms with Crippen molar-refractivity contribution in [2.45, 2.75) is 0 Å². The van der Waals surface area contributed by atoms with E-state index >= 15 is 0 Å². The van der Waals surface area contributed by atoms with Gasteiger partial charge in [0.1, 0.15) is 15.9 Å². The van der Waals surface area contributed by atoms with Crippen LogP contribution >= 0.6 is 0 Å². The largest absolute Gasteiger partial charge is 1.00 e. The molecule has 29 heavy (non-hydrogen) atoms. The monoisotopic (exact) mass is 431 g/mol. The molecule has 0 heterocycles. The van der Waals surface area contributed by atoms with E-state index in [0.717, 1.165) is 0 Å². The Labute approximate surface area is 190 Å². The van der Waals surface area contributed by atoms with E-state index in [1.165, 1.54) is 57.7 Å². The number of benzene rings is 2. The van der Waals surface area contributed by atoms with Crippen LogP contribution in [0, 0.1) is 0 Å². The third kappa shape index (κ3) is 6.72. The number of rotatable bonds is 8. The van der Waals surface area contributed by atoms with Gasteiger partial charge in [-0.3, -0.25) is 9.59 Å². The fourth-order valence-electron chi connectivity index (χ4n) is 2.40. The summed E-state index contributed by atoms with van der Waals surface area (Å²) in [5.74, 6) is -1.45. The van der Waals surface area contributed by atoms with Crippen molar-refractivity contribution in [2.75, 3.05) is 32.4 Å². The van der Waals surface area contributed by atoms with Crippen LogP contribution in [-0.4, -0.2) is 51.7 Å². The molecule has 2 aromatic carbocycles. The number of carbonyl (C=O) groups excluding carboxylic acids is 2. The van der Waals surface area contributed by atoms with Crippen LogP contribution in [0.2, 0.25) is 0 Å². The van der Waals surface area contributed by atoms with Crippen LogP contribution in [0.4, 0.5) is 5.69 Å². The Kier molecular flexibility index (Phi) is 9.12. The molecule has 150 valence electrons. The Balaban J connectivity index is 0.00000420. The minimum Gasteiger partial charge on any atom is -0.748 e. The first-order chi connectivity index (χ1) is 13.2. The van der Waals surface area contributed by atoms with E-state index in [4.69, 9.17) is 14.2 Å². The Morgan fingerprint density at radius 3 is 1.86 bits per heavy atom. The maximum Gasteiger partial charge on any atom is 1.00 e. The van der Waals surface area contributed by atoms with Gasteiger partial charge in [0.15, 0.2) is 17.3 Å². The van der Waals surface area contributed by atoms with Crippen molar-refractivity contribution < 1.29 is 66.3 Å². The second kappa shape index (κ2) is 10.6. The van der Waals surface area contributed by atoms with Gasteiger partial charge in [0.25, 0.3) is 5.91 Å². The van der Waals surface area contributed by atoms with Crippen LogP contribution in [-0.2, 0) is 10.1 Å². The third-order valence-electron chi connectivity index (χ3n) is 3.70. The maximum atomic E-state index is 12.5. The summed E-state index contributed by atoms with van der Waals surface area (Å²) in [5, 5.41) is 2.63. The summed E-state index contributed by atoms with van der Waals surface area (Å²) >= 11 is 0. The molecule has 0 spiro atoms. The molecule has 1 amide bonds. The molecule has 0 unspecified atom stereocenters. The molecule has 11 heteroatoms. The number of hydrogen-bond donors (Lipinski definition) is 1. The van der Waals surface area contributed by atoms with Crippen molar-refractivity contribution in [2.24, 2.45) is 0 Å². The van der Waals surface area contributed by atoms with Crippen molar-refractivity contribution in [3.8, 4) is 17.2 Å². The number of nitrogens with one attached hydrogen (secondary N) is 1. The van der Waals surface area contributed by atoms with Gasteiger partial charge in [0, 0.05) is 16.8 Å². The van der Waals surface area contributed by atoms with Gasteiger partial charge in [0.2, 0.25) is 5.75 Å². The smallest absolute Gasteiger partial charge is 0.748 e. The van der Waals surface area contributed by atoms with Crippen LogP contribution in [0.3, 0.4) is 0 Å². The van der Waals surface area contributed by atoms with Crippen LogP contribution in [0.25, 0.3) is 0 Å². The normalized spacial score (nSPS) is 10.5. The van der Waals surface area contributed by atoms with Crippen molar-refractivity contribution in [3.63, 3.8) is 0 Å². The van der Waals surface area contributed by atoms with E-state index in [2.05, 4.69) is 5.32 Å². The quantitative estimate of drug-likeness (QED) is 0.310. The number of anilines is 1. The summed E-state index contributed by atoms with van der Waals surface area (Å²) in [7, 11) is -0.359. The SMILES string of the molecule is COc1cc(C(=O)Nc2ccc(C(=O)CS(=O)(=O)[O-])cc2)cc(OC)c1OC.[Na+]. The number of carbonyl (C=O) groups is 2. The van der Waals surface area contributed by atoms with E-state index in [-0.39, 0.29) is 40.7 Å². The Morgan fingerprint density at radius 2 is 1.45 bits per heavy atom. The van der Waals surface area contributed by atoms with Crippen LogP contribution in [0.15, 0.2) is 36.4 Å². The minimum absolute atomic E-state index is 0. The zero-order chi connectivity index (χ0) is 20.9. The summed E-state index contributed by atoms with van der Waals surface area (Å²) in [6.07, 6.45) is 0. The van der Waals surface area contributed by atoms with Crippen molar-refractivity contribution in [1.82, 2.24) is 0 Å². The topological polar surface area (TPSA) is 131 Å². The van der Waals surface area contributed by atoms with Crippen LogP contribution in [0.5, 0.6) is 17.2 Å². The molecule has 1 N–H and O–H groups in total. The first-order valence-electron chi connectivity index (χ1n) is 7.86. The van der Waals surface area contributed by atoms with Crippen molar-refractivity contribution in [1.29, 1.82) is 0 Å². The number of ether oxygens (including phenoxy) is 3. The van der Waals surface area contributed by atoms with Gasteiger partial charge in [-0.05, 0) is 36.4 Å². The molecule has 2 aromatic rings. The van der Waals surface area contributed by atoms with Gasteiger partial charge in [-0.2, -0.15) is 0 Å². The van der Waals surface area contributed by atoms with Gasteiger partial charge in [0.05, 0.1) is 21.3 Å². The van der Waals surface area contributed by atoms with E-state index in [1.54, 1.807) is 0 Å². The molecule has 0 atom stereocenters. The molecule has 0 bridgehead atoms. The van der Waals surface area contributed by atoms with Gasteiger partial charge in [-0.25, -0.2) is 8.42 Å². The number of ketones is 1. The Morgan fingerprint density at radius 1 is 0.931 bits per heavy atom. The molecule has 0 aliphatic rings. The third-order valence-corrected chi connectivity index (χ3v) is 4.32. The fraction of sp³-hybridized carbons (Fsp3) is 0.222. The Hall–Kier alpha value is -2.11. The van der Waals surface area contributed by atoms with Gasteiger partial charge < -0.3 is 24.1 Å². The molecule has 0 fully saturated rings. The predicted molar refractivity (Wildman–Crippen MR) is 99.4 cm³/mol. The second-order valence-electron chi connectivity index (χ2n) is 5.57. The second-order valence-corrected chi connectivity index (χ2v) is 6.97. The standard InChI is InChI=1S/C18H19NO8S.Na/c1-25-15-8-12(9-16(26-2)17(15)27-3)18(21)19-13-6-4-11(5-7-13)14(20)10-28(22,23)24;/h4-9H,10H2,1-3H3,(H,19,21)(H,22,23,24);/q;+1/p-1. The zero-order valence-corrected chi connectivity index (χ0v) is 19.2. The van der Waals surface area contributed by atoms with Crippen molar-refractivity contribution in [3.05, 3.63) is 47.5 Å².